The average Bonchev–Trinajstić information content (AvgIpc) is 2.85. The number of piperazine rings is 1. The standard InChI is InChI=1S/C20H30N4O2/c1-16(2)9-10-20(3)18(25)24(19(26)21-20)15-22-11-13-23(14-12-22)17-7-5-4-6-8-17/h4-8,16H,9-15H2,1-3H3,(H,21,26)/p+1/t20-/m1/s1. The number of anilines is 1. The van der Waals surface area contributed by atoms with Gasteiger partial charge in [-0.2, -0.15) is 0 Å². The summed E-state index contributed by atoms with van der Waals surface area (Å²) in [6.07, 6.45) is 1.63. The molecule has 1 aromatic carbocycles. The fourth-order valence-electron chi connectivity index (χ4n) is 3.74. The maximum Gasteiger partial charge on any atom is 0.329 e. The molecule has 2 aliphatic rings. The van der Waals surface area contributed by atoms with Crippen LogP contribution < -0.4 is 15.1 Å². The van der Waals surface area contributed by atoms with Crippen LogP contribution in [0.15, 0.2) is 30.3 Å². The molecular formula is C20H31N4O2+. The van der Waals surface area contributed by atoms with E-state index in [0.29, 0.717) is 19.0 Å². The van der Waals surface area contributed by atoms with E-state index >= 15 is 0 Å². The number of carbonyl (C=O) groups excluding carboxylic acids is 2. The number of urea groups is 1. The molecule has 0 spiro atoms. The Morgan fingerprint density at radius 2 is 1.81 bits per heavy atom. The quantitative estimate of drug-likeness (QED) is 0.748. The van der Waals surface area contributed by atoms with Crippen LogP contribution in [0.3, 0.4) is 0 Å². The Kier molecular flexibility index (Phi) is 5.51. The van der Waals surface area contributed by atoms with E-state index in [1.54, 1.807) is 0 Å². The van der Waals surface area contributed by atoms with Gasteiger partial charge >= 0.3 is 6.03 Å². The van der Waals surface area contributed by atoms with Gasteiger partial charge in [0.15, 0.2) is 6.67 Å². The minimum Gasteiger partial charge on any atom is -0.360 e. The SMILES string of the molecule is CC(C)CC[C@@]1(C)NC(=O)N(C[NH+]2CCN(c3ccccc3)CC2)C1=O. The Hall–Kier alpha value is -2.08. The second-order valence-electron chi connectivity index (χ2n) is 8.16. The number of benzene rings is 1. The first-order valence-electron chi connectivity index (χ1n) is 9.67. The Morgan fingerprint density at radius 3 is 2.42 bits per heavy atom. The molecule has 1 aromatic rings. The molecule has 1 atom stereocenters. The molecular weight excluding hydrogens is 328 g/mol. The molecule has 2 saturated heterocycles. The third kappa shape index (κ3) is 4.01. The zero-order valence-electron chi connectivity index (χ0n) is 16.1. The summed E-state index contributed by atoms with van der Waals surface area (Å²) in [6.45, 7) is 10.3. The van der Waals surface area contributed by atoms with Crippen LogP contribution in [0.5, 0.6) is 0 Å². The fourth-order valence-corrected chi connectivity index (χ4v) is 3.74. The Morgan fingerprint density at radius 1 is 1.15 bits per heavy atom. The largest absolute Gasteiger partial charge is 0.360 e. The molecule has 3 amide bonds. The number of nitrogens with zero attached hydrogens (tertiary/aromatic N) is 2. The minimum absolute atomic E-state index is 0.0684. The summed E-state index contributed by atoms with van der Waals surface area (Å²) >= 11 is 0. The molecule has 0 radical (unpaired) electrons. The summed E-state index contributed by atoms with van der Waals surface area (Å²) in [5.74, 6) is 0.448. The van der Waals surface area contributed by atoms with Gasteiger partial charge in [-0.15, -0.1) is 0 Å². The van der Waals surface area contributed by atoms with Crippen LogP contribution in [0, 0.1) is 5.92 Å². The molecule has 0 bridgehead atoms. The zero-order chi connectivity index (χ0) is 18.7. The van der Waals surface area contributed by atoms with E-state index in [1.165, 1.54) is 15.5 Å². The van der Waals surface area contributed by atoms with E-state index in [2.05, 4.69) is 48.3 Å². The van der Waals surface area contributed by atoms with Gasteiger partial charge < -0.3 is 15.1 Å². The number of rotatable bonds is 6. The Labute approximate surface area is 156 Å². The second-order valence-corrected chi connectivity index (χ2v) is 8.16. The zero-order valence-corrected chi connectivity index (χ0v) is 16.1. The highest BCUT2D eigenvalue weighted by atomic mass is 16.2. The molecule has 142 valence electrons. The highest BCUT2D eigenvalue weighted by molar-refractivity contribution is 6.06. The Balaban J connectivity index is 1.55. The summed E-state index contributed by atoms with van der Waals surface area (Å²) in [4.78, 5) is 30.3. The number of carbonyl (C=O) groups is 2. The predicted octanol–water partition coefficient (Wildman–Crippen LogP) is 1.10. The van der Waals surface area contributed by atoms with E-state index in [0.717, 1.165) is 32.6 Å². The van der Waals surface area contributed by atoms with Gasteiger partial charge in [-0.3, -0.25) is 4.79 Å². The number of imide groups is 1. The normalized spacial score (nSPS) is 24.5. The van der Waals surface area contributed by atoms with Crippen molar-refractivity contribution in [3.8, 4) is 0 Å². The summed E-state index contributed by atoms with van der Waals surface area (Å²) < 4.78 is 0. The monoisotopic (exact) mass is 359 g/mol. The van der Waals surface area contributed by atoms with Crippen molar-refractivity contribution >= 4 is 17.6 Å². The van der Waals surface area contributed by atoms with Crippen LogP contribution in [-0.4, -0.2) is 55.2 Å². The number of quaternary nitrogens is 1. The third-order valence-corrected chi connectivity index (χ3v) is 5.54. The summed E-state index contributed by atoms with van der Waals surface area (Å²) in [5.41, 5.74) is 0.495. The molecule has 6 nitrogen and oxygen atoms in total. The van der Waals surface area contributed by atoms with Crippen LogP contribution in [0.4, 0.5) is 10.5 Å². The van der Waals surface area contributed by atoms with Gasteiger partial charge in [-0.25, -0.2) is 9.69 Å². The van der Waals surface area contributed by atoms with Gasteiger partial charge in [0.2, 0.25) is 0 Å². The lowest BCUT2D eigenvalue weighted by Crippen LogP contribution is -3.16. The van der Waals surface area contributed by atoms with Crippen LogP contribution in [0.2, 0.25) is 0 Å². The van der Waals surface area contributed by atoms with Gasteiger partial charge in [0.25, 0.3) is 5.91 Å². The number of hydrogen-bond donors (Lipinski definition) is 2. The molecule has 0 aromatic heterocycles. The highest BCUT2D eigenvalue weighted by Gasteiger charge is 2.48. The summed E-state index contributed by atoms with van der Waals surface area (Å²) in [6, 6.07) is 10.2. The van der Waals surface area contributed by atoms with E-state index in [-0.39, 0.29) is 11.9 Å². The Bertz CT molecular complexity index is 640. The molecule has 2 N–H and O–H groups in total. The summed E-state index contributed by atoms with van der Waals surface area (Å²) in [7, 11) is 0. The van der Waals surface area contributed by atoms with Crippen LogP contribution >= 0.6 is 0 Å². The average molecular weight is 359 g/mol. The topological polar surface area (TPSA) is 57.1 Å². The number of nitrogens with one attached hydrogen (secondary N) is 2. The van der Waals surface area contributed by atoms with E-state index in [1.807, 2.05) is 13.0 Å². The molecule has 3 rings (SSSR count). The minimum atomic E-state index is -0.743. The van der Waals surface area contributed by atoms with Crippen molar-refractivity contribution < 1.29 is 14.5 Å². The van der Waals surface area contributed by atoms with Gasteiger partial charge in [-0.05, 0) is 37.8 Å². The molecule has 2 fully saturated rings. The lowest BCUT2D eigenvalue weighted by Gasteiger charge is -2.34. The number of hydrogen-bond acceptors (Lipinski definition) is 3. The van der Waals surface area contributed by atoms with Crippen molar-refractivity contribution in [3.05, 3.63) is 30.3 Å². The molecule has 0 aliphatic carbocycles. The molecule has 6 heteroatoms. The van der Waals surface area contributed by atoms with E-state index in [4.69, 9.17) is 0 Å². The van der Waals surface area contributed by atoms with Crippen molar-refractivity contribution in [2.45, 2.75) is 39.2 Å². The molecule has 0 saturated carbocycles. The smallest absolute Gasteiger partial charge is 0.329 e. The summed E-state index contributed by atoms with van der Waals surface area (Å²) in [5, 5.41) is 2.92. The molecule has 0 unspecified atom stereocenters. The second kappa shape index (κ2) is 7.66. The van der Waals surface area contributed by atoms with Crippen molar-refractivity contribution in [2.75, 3.05) is 37.7 Å². The predicted molar refractivity (Wildman–Crippen MR) is 102 cm³/mol. The molecule has 26 heavy (non-hydrogen) atoms. The van der Waals surface area contributed by atoms with Crippen molar-refractivity contribution in [1.82, 2.24) is 10.2 Å². The van der Waals surface area contributed by atoms with Crippen molar-refractivity contribution in [3.63, 3.8) is 0 Å². The molecule has 2 heterocycles. The van der Waals surface area contributed by atoms with Crippen LogP contribution in [0.1, 0.15) is 33.6 Å². The number of amides is 3. The van der Waals surface area contributed by atoms with Crippen LogP contribution in [0.25, 0.3) is 0 Å². The van der Waals surface area contributed by atoms with Gasteiger partial charge in [-0.1, -0.05) is 32.0 Å². The first-order chi connectivity index (χ1) is 12.4. The van der Waals surface area contributed by atoms with Gasteiger partial charge in [0.05, 0.1) is 26.2 Å². The van der Waals surface area contributed by atoms with E-state index in [9.17, 15) is 9.59 Å². The fraction of sp³-hybridized carbons (Fsp3) is 0.600. The van der Waals surface area contributed by atoms with Crippen molar-refractivity contribution in [1.29, 1.82) is 0 Å². The first-order valence-corrected chi connectivity index (χ1v) is 9.67. The van der Waals surface area contributed by atoms with Gasteiger partial charge in [0.1, 0.15) is 5.54 Å². The van der Waals surface area contributed by atoms with Crippen molar-refractivity contribution in [2.24, 2.45) is 5.92 Å². The maximum absolute atomic E-state index is 12.8. The highest BCUT2D eigenvalue weighted by Crippen LogP contribution is 2.24. The third-order valence-electron chi connectivity index (χ3n) is 5.54. The van der Waals surface area contributed by atoms with E-state index < -0.39 is 5.54 Å². The number of para-hydroxylation sites is 1. The first kappa shape index (κ1) is 18.7. The molecule has 2 aliphatic heterocycles. The maximum atomic E-state index is 12.8. The van der Waals surface area contributed by atoms with Gasteiger partial charge in [0, 0.05) is 5.69 Å². The lowest BCUT2D eigenvalue weighted by molar-refractivity contribution is -0.907. The van der Waals surface area contributed by atoms with Crippen LogP contribution in [-0.2, 0) is 4.79 Å². The lowest BCUT2D eigenvalue weighted by atomic mass is 9.92.